The number of nitrogens with one attached hydrogen (secondary N) is 1. The highest BCUT2D eigenvalue weighted by Gasteiger charge is 2.29. The fourth-order valence-electron chi connectivity index (χ4n) is 2.89. The van der Waals surface area contributed by atoms with Crippen LogP contribution in [0, 0.1) is 0 Å². The molecule has 2 aromatic heterocycles. The number of carbonyl (C=O) groups is 2. The molecule has 0 unspecified atom stereocenters. The largest absolute Gasteiger partial charge is 0.351 e. The zero-order valence-electron chi connectivity index (χ0n) is 14.3. The molecule has 1 aliphatic rings. The first-order chi connectivity index (χ1) is 12.1. The Morgan fingerprint density at radius 1 is 1.32 bits per heavy atom. The van der Waals surface area contributed by atoms with Gasteiger partial charge in [0.25, 0.3) is 5.91 Å². The molecule has 0 fully saturated rings. The lowest BCUT2D eigenvalue weighted by Gasteiger charge is -2.35. The van der Waals surface area contributed by atoms with Crippen LogP contribution in [0.25, 0.3) is 0 Å². The molecule has 3 rings (SSSR count). The van der Waals surface area contributed by atoms with Crippen molar-refractivity contribution in [3.63, 3.8) is 0 Å². The van der Waals surface area contributed by atoms with Crippen LogP contribution >= 0.6 is 0 Å². The standard InChI is InChI=1S/C16H21N7O2/c1-21(2)16(25)22-10-12(23-13(11-22)4-6-20-23)3-5-19-15(24)14-9-17-7-8-18-14/h4,6-9,12H,3,5,10-11H2,1-2H3,(H,19,24)/t12-/m1/s1. The van der Waals surface area contributed by atoms with E-state index in [9.17, 15) is 9.59 Å². The average molecular weight is 343 g/mol. The number of aromatic nitrogens is 4. The fraction of sp³-hybridized carbons (Fsp3) is 0.438. The average Bonchev–Trinajstić information content (AvgIpc) is 3.10. The molecule has 9 heteroatoms. The quantitative estimate of drug-likeness (QED) is 0.874. The number of hydrogen-bond donors (Lipinski definition) is 1. The molecule has 1 aliphatic heterocycles. The van der Waals surface area contributed by atoms with Gasteiger partial charge in [0, 0.05) is 45.8 Å². The Bertz CT molecular complexity index is 744. The first-order valence-electron chi connectivity index (χ1n) is 8.09. The van der Waals surface area contributed by atoms with Gasteiger partial charge in [0.15, 0.2) is 0 Å². The predicted molar refractivity (Wildman–Crippen MR) is 89.7 cm³/mol. The molecule has 0 spiro atoms. The maximum absolute atomic E-state index is 12.3. The van der Waals surface area contributed by atoms with Crippen LogP contribution in [0.3, 0.4) is 0 Å². The number of rotatable bonds is 4. The van der Waals surface area contributed by atoms with E-state index in [1.165, 1.54) is 18.6 Å². The molecule has 3 amide bonds. The van der Waals surface area contributed by atoms with Gasteiger partial charge in [0.05, 0.1) is 24.5 Å². The fourth-order valence-corrected chi connectivity index (χ4v) is 2.89. The highest BCUT2D eigenvalue weighted by atomic mass is 16.2. The molecule has 0 saturated carbocycles. The molecular formula is C16H21N7O2. The summed E-state index contributed by atoms with van der Waals surface area (Å²) >= 11 is 0. The molecule has 0 aliphatic carbocycles. The highest BCUT2D eigenvalue weighted by molar-refractivity contribution is 5.91. The molecule has 2 aromatic rings. The summed E-state index contributed by atoms with van der Waals surface area (Å²) < 4.78 is 1.94. The second-order valence-electron chi connectivity index (χ2n) is 6.11. The SMILES string of the molecule is CN(C)C(=O)N1Cc2ccnn2[C@H](CCNC(=O)c2cnccn2)C1. The van der Waals surface area contributed by atoms with Gasteiger partial charge in [0.2, 0.25) is 0 Å². The first-order valence-corrected chi connectivity index (χ1v) is 8.09. The normalized spacial score (nSPS) is 16.2. The van der Waals surface area contributed by atoms with Crippen molar-refractivity contribution in [3.8, 4) is 0 Å². The summed E-state index contributed by atoms with van der Waals surface area (Å²) in [5.74, 6) is -0.258. The third-order valence-electron chi connectivity index (χ3n) is 4.09. The van der Waals surface area contributed by atoms with E-state index in [1.54, 1.807) is 30.1 Å². The van der Waals surface area contributed by atoms with Gasteiger partial charge < -0.3 is 15.1 Å². The van der Waals surface area contributed by atoms with Gasteiger partial charge in [-0.1, -0.05) is 0 Å². The van der Waals surface area contributed by atoms with E-state index < -0.39 is 0 Å². The first kappa shape index (κ1) is 16.9. The van der Waals surface area contributed by atoms with E-state index >= 15 is 0 Å². The van der Waals surface area contributed by atoms with Gasteiger partial charge in [-0.2, -0.15) is 5.10 Å². The summed E-state index contributed by atoms with van der Waals surface area (Å²) in [4.78, 5) is 35.5. The zero-order chi connectivity index (χ0) is 17.8. The van der Waals surface area contributed by atoms with Crippen LogP contribution in [0.15, 0.2) is 30.9 Å². The Labute approximate surface area is 145 Å². The van der Waals surface area contributed by atoms with Crippen molar-refractivity contribution in [1.29, 1.82) is 0 Å². The summed E-state index contributed by atoms with van der Waals surface area (Å²) in [6, 6.07) is 1.91. The maximum Gasteiger partial charge on any atom is 0.319 e. The lowest BCUT2D eigenvalue weighted by Crippen LogP contribution is -2.46. The molecule has 1 N–H and O–H groups in total. The van der Waals surface area contributed by atoms with Gasteiger partial charge in [-0.15, -0.1) is 0 Å². The minimum absolute atomic E-state index is 0.0183. The van der Waals surface area contributed by atoms with Crippen molar-refractivity contribution in [2.45, 2.75) is 19.0 Å². The van der Waals surface area contributed by atoms with E-state index in [-0.39, 0.29) is 23.7 Å². The van der Waals surface area contributed by atoms with Crippen molar-refractivity contribution in [2.24, 2.45) is 0 Å². The lowest BCUT2D eigenvalue weighted by atomic mass is 10.1. The van der Waals surface area contributed by atoms with Gasteiger partial charge in [-0.05, 0) is 12.5 Å². The third kappa shape index (κ3) is 3.76. The van der Waals surface area contributed by atoms with Crippen molar-refractivity contribution >= 4 is 11.9 Å². The lowest BCUT2D eigenvalue weighted by molar-refractivity contribution is 0.0941. The summed E-state index contributed by atoms with van der Waals surface area (Å²) in [5, 5.41) is 7.20. The van der Waals surface area contributed by atoms with Gasteiger partial charge >= 0.3 is 6.03 Å². The Hall–Kier alpha value is -2.97. The van der Waals surface area contributed by atoms with E-state index in [4.69, 9.17) is 0 Å². The van der Waals surface area contributed by atoms with Crippen LogP contribution in [0.2, 0.25) is 0 Å². The van der Waals surface area contributed by atoms with E-state index in [0.717, 1.165) is 5.69 Å². The summed E-state index contributed by atoms with van der Waals surface area (Å²) in [6.45, 7) is 1.57. The van der Waals surface area contributed by atoms with Crippen LogP contribution in [-0.2, 0) is 6.54 Å². The maximum atomic E-state index is 12.3. The zero-order valence-corrected chi connectivity index (χ0v) is 14.3. The van der Waals surface area contributed by atoms with Crippen LogP contribution < -0.4 is 5.32 Å². The van der Waals surface area contributed by atoms with Crippen LogP contribution in [-0.4, -0.2) is 68.7 Å². The Morgan fingerprint density at radius 2 is 2.16 bits per heavy atom. The van der Waals surface area contributed by atoms with Crippen molar-refractivity contribution in [3.05, 3.63) is 42.2 Å². The smallest absolute Gasteiger partial charge is 0.319 e. The number of carbonyl (C=O) groups excluding carboxylic acids is 2. The molecule has 0 radical (unpaired) electrons. The summed E-state index contributed by atoms with van der Waals surface area (Å²) in [5.41, 5.74) is 1.28. The number of nitrogens with zero attached hydrogens (tertiary/aromatic N) is 6. The monoisotopic (exact) mass is 343 g/mol. The van der Waals surface area contributed by atoms with E-state index in [2.05, 4.69) is 20.4 Å². The molecular weight excluding hydrogens is 322 g/mol. The van der Waals surface area contributed by atoms with Crippen LogP contribution in [0.4, 0.5) is 4.79 Å². The molecule has 0 saturated heterocycles. The van der Waals surface area contributed by atoms with Crippen LogP contribution in [0.5, 0.6) is 0 Å². The highest BCUT2D eigenvalue weighted by Crippen LogP contribution is 2.23. The molecule has 3 heterocycles. The number of amides is 3. The van der Waals surface area contributed by atoms with Crippen molar-refractivity contribution in [2.75, 3.05) is 27.2 Å². The van der Waals surface area contributed by atoms with Gasteiger partial charge in [-0.25, -0.2) is 9.78 Å². The Kier molecular flexibility index (Phi) is 4.92. The molecule has 1 atom stereocenters. The number of hydrogen-bond acceptors (Lipinski definition) is 5. The van der Waals surface area contributed by atoms with Crippen molar-refractivity contribution < 1.29 is 9.59 Å². The minimum Gasteiger partial charge on any atom is -0.351 e. The Balaban J connectivity index is 1.61. The third-order valence-corrected chi connectivity index (χ3v) is 4.09. The Morgan fingerprint density at radius 3 is 2.88 bits per heavy atom. The summed E-state index contributed by atoms with van der Waals surface area (Å²) in [6.07, 6.45) is 6.84. The van der Waals surface area contributed by atoms with Gasteiger partial charge in [-0.3, -0.25) is 14.5 Å². The van der Waals surface area contributed by atoms with Crippen LogP contribution in [0.1, 0.15) is 28.6 Å². The molecule has 132 valence electrons. The second-order valence-corrected chi connectivity index (χ2v) is 6.11. The minimum atomic E-state index is -0.258. The topological polar surface area (TPSA) is 96.2 Å². The molecule has 25 heavy (non-hydrogen) atoms. The molecule has 0 bridgehead atoms. The van der Waals surface area contributed by atoms with Gasteiger partial charge in [0.1, 0.15) is 5.69 Å². The van der Waals surface area contributed by atoms with E-state index in [0.29, 0.717) is 26.1 Å². The van der Waals surface area contributed by atoms with E-state index in [1.807, 2.05) is 10.7 Å². The van der Waals surface area contributed by atoms with Crippen molar-refractivity contribution in [1.82, 2.24) is 34.9 Å². The number of urea groups is 1. The molecule has 9 nitrogen and oxygen atoms in total. The predicted octanol–water partition coefficient (Wildman–Crippen LogP) is 0.531. The molecule has 0 aromatic carbocycles. The number of fused-ring (bicyclic) bond motifs is 1. The second kappa shape index (κ2) is 7.29. The summed E-state index contributed by atoms with van der Waals surface area (Å²) in [7, 11) is 3.48.